The number of carbonyl (C=O) groups is 2. The molecule has 9 heteroatoms. The Balaban J connectivity index is 1.58. The smallest absolute Gasteiger partial charge is 0.309 e. The molecule has 2 aliphatic rings. The van der Waals surface area contributed by atoms with Crippen molar-refractivity contribution in [2.75, 3.05) is 31.6 Å². The molecule has 148 valence electrons. The molecule has 8 nitrogen and oxygen atoms in total. The Bertz CT molecular complexity index is 783. The first-order chi connectivity index (χ1) is 12.9. The summed E-state index contributed by atoms with van der Waals surface area (Å²) < 4.78 is 36.9. The van der Waals surface area contributed by atoms with E-state index in [1.54, 1.807) is 0 Å². The zero-order valence-electron chi connectivity index (χ0n) is 15.2. The van der Waals surface area contributed by atoms with Crippen LogP contribution in [0.5, 0.6) is 0 Å². The number of benzene rings is 1. The third kappa shape index (κ3) is 4.66. The fourth-order valence-electron chi connectivity index (χ4n) is 2.86. The van der Waals surface area contributed by atoms with Gasteiger partial charge in [0.15, 0.2) is 6.10 Å². The van der Waals surface area contributed by atoms with Gasteiger partial charge in [-0.05, 0) is 44.0 Å². The molecule has 1 atom stereocenters. The molecule has 2 fully saturated rings. The second-order valence-corrected chi connectivity index (χ2v) is 8.67. The van der Waals surface area contributed by atoms with E-state index in [1.807, 2.05) is 0 Å². The summed E-state index contributed by atoms with van der Waals surface area (Å²) in [6, 6.07) is 5.94. The average Bonchev–Trinajstić information content (AvgIpc) is 2.61. The number of carbonyl (C=O) groups excluding carboxylic acids is 2. The molecule has 1 aliphatic heterocycles. The third-order valence-electron chi connectivity index (χ3n) is 4.83. The Kier molecular flexibility index (Phi) is 6.13. The van der Waals surface area contributed by atoms with E-state index >= 15 is 0 Å². The summed E-state index contributed by atoms with van der Waals surface area (Å²) in [5.41, 5.74) is 0.437. The second-order valence-electron chi connectivity index (χ2n) is 6.74. The van der Waals surface area contributed by atoms with Crippen molar-refractivity contribution in [3.63, 3.8) is 0 Å². The highest BCUT2D eigenvalue weighted by atomic mass is 32.2. The van der Waals surface area contributed by atoms with Crippen molar-refractivity contribution in [3.8, 4) is 0 Å². The monoisotopic (exact) mass is 396 g/mol. The third-order valence-corrected chi connectivity index (χ3v) is 6.74. The van der Waals surface area contributed by atoms with Crippen LogP contribution in [0, 0.1) is 5.92 Å². The quantitative estimate of drug-likeness (QED) is 0.729. The SMILES string of the molecule is C[C@H](OC(=O)C1CCC1)C(=O)Nc1ccc(S(=O)(=O)N2CCOCC2)cc1. The lowest BCUT2D eigenvalue weighted by Crippen LogP contribution is -2.40. The molecule has 1 saturated heterocycles. The summed E-state index contributed by atoms with van der Waals surface area (Å²) in [5.74, 6) is -0.882. The first-order valence-electron chi connectivity index (χ1n) is 9.07. The number of hydrogen-bond acceptors (Lipinski definition) is 6. The molecule has 1 heterocycles. The van der Waals surface area contributed by atoms with Crippen molar-refractivity contribution in [3.05, 3.63) is 24.3 Å². The minimum absolute atomic E-state index is 0.0927. The molecule has 0 bridgehead atoms. The van der Waals surface area contributed by atoms with E-state index in [9.17, 15) is 18.0 Å². The zero-order valence-corrected chi connectivity index (χ0v) is 16.0. The number of hydrogen-bond donors (Lipinski definition) is 1. The van der Waals surface area contributed by atoms with Crippen LogP contribution in [0.15, 0.2) is 29.2 Å². The highest BCUT2D eigenvalue weighted by Gasteiger charge is 2.30. The number of rotatable bonds is 6. The molecule has 0 unspecified atom stereocenters. The minimum atomic E-state index is -3.57. The van der Waals surface area contributed by atoms with Crippen molar-refractivity contribution in [1.82, 2.24) is 4.31 Å². The van der Waals surface area contributed by atoms with Crippen LogP contribution >= 0.6 is 0 Å². The summed E-state index contributed by atoms with van der Waals surface area (Å²) in [4.78, 5) is 24.2. The van der Waals surface area contributed by atoms with E-state index in [2.05, 4.69) is 5.32 Å². The van der Waals surface area contributed by atoms with Crippen LogP contribution in [-0.4, -0.2) is 57.0 Å². The van der Waals surface area contributed by atoms with E-state index in [4.69, 9.17) is 9.47 Å². The number of morpholine rings is 1. The number of esters is 1. The van der Waals surface area contributed by atoms with Crippen LogP contribution < -0.4 is 5.32 Å². The van der Waals surface area contributed by atoms with Crippen molar-refractivity contribution >= 4 is 27.6 Å². The van der Waals surface area contributed by atoms with Gasteiger partial charge in [-0.1, -0.05) is 6.42 Å². The van der Waals surface area contributed by atoms with Gasteiger partial charge in [-0.25, -0.2) is 8.42 Å². The summed E-state index contributed by atoms with van der Waals surface area (Å²) in [6.45, 7) is 2.92. The Morgan fingerprint density at radius 3 is 2.37 bits per heavy atom. The highest BCUT2D eigenvalue weighted by molar-refractivity contribution is 7.89. The summed E-state index contributed by atoms with van der Waals surface area (Å²) in [5, 5.41) is 2.64. The molecule has 1 saturated carbocycles. The Hall–Kier alpha value is -1.97. The predicted molar refractivity (Wildman–Crippen MR) is 97.5 cm³/mol. The molecule has 0 aromatic heterocycles. The molecule has 1 aliphatic carbocycles. The van der Waals surface area contributed by atoms with Gasteiger partial charge in [0.05, 0.1) is 24.0 Å². The number of amides is 1. The maximum atomic E-state index is 12.6. The Morgan fingerprint density at radius 1 is 1.19 bits per heavy atom. The van der Waals surface area contributed by atoms with Gasteiger partial charge in [-0.2, -0.15) is 4.31 Å². The van der Waals surface area contributed by atoms with E-state index < -0.39 is 22.0 Å². The van der Waals surface area contributed by atoms with Crippen LogP contribution in [0.25, 0.3) is 0 Å². The highest BCUT2D eigenvalue weighted by Crippen LogP contribution is 2.28. The molecular weight excluding hydrogens is 372 g/mol. The van der Waals surface area contributed by atoms with Crippen LogP contribution in [0.4, 0.5) is 5.69 Å². The lowest BCUT2D eigenvalue weighted by molar-refractivity contribution is -0.159. The molecule has 1 amide bonds. The number of anilines is 1. The number of nitrogens with one attached hydrogen (secondary N) is 1. The number of nitrogens with zero attached hydrogens (tertiary/aromatic N) is 1. The first kappa shape index (κ1) is 19.8. The molecule has 1 aromatic carbocycles. The van der Waals surface area contributed by atoms with Crippen molar-refractivity contribution < 1.29 is 27.5 Å². The van der Waals surface area contributed by atoms with Gasteiger partial charge in [0, 0.05) is 18.8 Å². The van der Waals surface area contributed by atoms with Crippen LogP contribution in [-0.2, 0) is 29.1 Å². The Labute approximate surface area is 158 Å². The fourth-order valence-corrected chi connectivity index (χ4v) is 4.27. The maximum Gasteiger partial charge on any atom is 0.309 e. The van der Waals surface area contributed by atoms with E-state index in [-0.39, 0.29) is 16.8 Å². The summed E-state index contributed by atoms with van der Waals surface area (Å²) >= 11 is 0. The van der Waals surface area contributed by atoms with Crippen molar-refractivity contribution in [2.24, 2.45) is 5.92 Å². The van der Waals surface area contributed by atoms with E-state index in [1.165, 1.54) is 35.5 Å². The lowest BCUT2D eigenvalue weighted by Gasteiger charge is -2.26. The molecule has 3 rings (SSSR count). The molecule has 0 radical (unpaired) electrons. The van der Waals surface area contributed by atoms with Gasteiger partial charge in [0.25, 0.3) is 5.91 Å². The zero-order chi connectivity index (χ0) is 19.4. The normalized spacial score (nSPS) is 19.7. The predicted octanol–water partition coefficient (Wildman–Crippen LogP) is 1.38. The minimum Gasteiger partial charge on any atom is -0.452 e. The largest absolute Gasteiger partial charge is 0.452 e. The van der Waals surface area contributed by atoms with Crippen molar-refractivity contribution in [2.45, 2.75) is 37.2 Å². The van der Waals surface area contributed by atoms with Gasteiger partial charge in [0.2, 0.25) is 10.0 Å². The maximum absolute atomic E-state index is 12.6. The first-order valence-corrected chi connectivity index (χ1v) is 10.5. The van der Waals surface area contributed by atoms with Crippen LogP contribution in [0.1, 0.15) is 26.2 Å². The van der Waals surface area contributed by atoms with Gasteiger partial charge in [0.1, 0.15) is 0 Å². The average molecular weight is 396 g/mol. The van der Waals surface area contributed by atoms with Gasteiger partial charge >= 0.3 is 5.97 Å². The van der Waals surface area contributed by atoms with Crippen LogP contribution in [0.2, 0.25) is 0 Å². The molecule has 1 N–H and O–H groups in total. The molecular formula is C18H24N2O6S. The topological polar surface area (TPSA) is 102 Å². The molecule has 1 aromatic rings. The summed E-state index contributed by atoms with van der Waals surface area (Å²) in [7, 11) is -3.57. The molecule has 27 heavy (non-hydrogen) atoms. The van der Waals surface area contributed by atoms with Gasteiger partial charge < -0.3 is 14.8 Å². The summed E-state index contributed by atoms with van der Waals surface area (Å²) in [6.07, 6.45) is 1.73. The molecule has 0 spiro atoms. The number of sulfonamides is 1. The second kappa shape index (κ2) is 8.37. The van der Waals surface area contributed by atoms with Gasteiger partial charge in [-0.3, -0.25) is 9.59 Å². The lowest BCUT2D eigenvalue weighted by atomic mass is 9.86. The van der Waals surface area contributed by atoms with E-state index in [0.29, 0.717) is 32.0 Å². The fraction of sp³-hybridized carbons (Fsp3) is 0.556. The Morgan fingerprint density at radius 2 is 1.81 bits per heavy atom. The standard InChI is InChI=1S/C18H24N2O6S/c1-13(26-18(22)14-3-2-4-14)17(21)19-15-5-7-16(8-6-15)27(23,24)20-9-11-25-12-10-20/h5-8,13-14H,2-4,9-12H2,1H3,(H,19,21)/t13-/m0/s1. The van der Waals surface area contributed by atoms with Gasteiger partial charge in [-0.15, -0.1) is 0 Å². The van der Waals surface area contributed by atoms with E-state index in [0.717, 1.165) is 19.3 Å². The van der Waals surface area contributed by atoms with Crippen LogP contribution in [0.3, 0.4) is 0 Å². The number of ether oxygens (including phenoxy) is 2. The van der Waals surface area contributed by atoms with Crippen molar-refractivity contribution in [1.29, 1.82) is 0 Å².